The van der Waals surface area contributed by atoms with Crippen molar-refractivity contribution in [2.24, 2.45) is 0 Å². The summed E-state index contributed by atoms with van der Waals surface area (Å²) in [6.07, 6.45) is 0.788. The molecule has 7 heteroatoms. The minimum Gasteiger partial charge on any atom is -0.494 e. The molecule has 0 aliphatic carbocycles. The zero-order valence-corrected chi connectivity index (χ0v) is 18.4. The van der Waals surface area contributed by atoms with Gasteiger partial charge in [-0.25, -0.2) is 4.79 Å². The molecule has 0 bridgehead atoms. The summed E-state index contributed by atoms with van der Waals surface area (Å²) in [6.45, 7) is 8.37. The number of benzene rings is 2. The number of hydrogen-bond donors (Lipinski definition) is 1. The Morgan fingerprint density at radius 2 is 1.29 bits per heavy atom. The fraction of sp³-hybridized carbons (Fsp3) is 0.167. The van der Waals surface area contributed by atoms with Crippen molar-refractivity contribution >= 4 is 34.3 Å². The van der Waals surface area contributed by atoms with Crippen LogP contribution in [0.3, 0.4) is 0 Å². The molecule has 2 aromatic carbocycles. The lowest BCUT2D eigenvalue weighted by Gasteiger charge is -2.14. The normalized spacial score (nSPS) is 10.8. The molecule has 31 heavy (non-hydrogen) atoms. The highest BCUT2D eigenvalue weighted by atomic mass is 35.5. The van der Waals surface area contributed by atoms with Crippen molar-refractivity contribution < 1.29 is 5.11 Å². The second-order valence-corrected chi connectivity index (χ2v) is 8.03. The number of hydrogen-bond acceptors (Lipinski definition) is 3. The smallest absolute Gasteiger partial charge is 0.333 e. The van der Waals surface area contributed by atoms with Crippen LogP contribution >= 0.6 is 23.2 Å². The fourth-order valence-electron chi connectivity index (χ4n) is 3.22. The van der Waals surface area contributed by atoms with Crippen LogP contribution in [0.15, 0.2) is 77.3 Å². The van der Waals surface area contributed by atoms with Gasteiger partial charge in [0.15, 0.2) is 0 Å². The highest BCUT2D eigenvalue weighted by Crippen LogP contribution is 2.22. The van der Waals surface area contributed by atoms with Crippen molar-refractivity contribution in [3.05, 3.63) is 110 Å². The molecule has 5 nitrogen and oxygen atoms in total. The highest BCUT2D eigenvalue weighted by Gasteiger charge is 2.12. The van der Waals surface area contributed by atoms with Gasteiger partial charge < -0.3 is 5.11 Å². The Labute approximate surface area is 190 Å². The van der Waals surface area contributed by atoms with Crippen LogP contribution in [-0.4, -0.2) is 14.2 Å². The zero-order valence-electron chi connectivity index (χ0n) is 16.9. The van der Waals surface area contributed by atoms with E-state index in [-0.39, 0.29) is 19.0 Å². The molecule has 0 saturated carbocycles. The standard InChI is InChI=1S/C24H22Cl2N2O3/c1-16(18-5-3-7-20(25)13-18)9-11-27-22(29)15-23(30)28(24(27)31)12-10-17(2)19-6-4-8-21(26)14-19/h3-8,13-15,29H,1-2,9-12H2. The largest absolute Gasteiger partial charge is 0.494 e. The van der Waals surface area contributed by atoms with Crippen LogP contribution in [0.25, 0.3) is 11.1 Å². The summed E-state index contributed by atoms with van der Waals surface area (Å²) in [4.78, 5) is 25.2. The lowest BCUT2D eigenvalue weighted by molar-refractivity contribution is 0.390. The van der Waals surface area contributed by atoms with Gasteiger partial charge in [-0.15, -0.1) is 0 Å². The van der Waals surface area contributed by atoms with Crippen LogP contribution in [-0.2, 0) is 13.1 Å². The molecule has 0 aliphatic heterocycles. The van der Waals surface area contributed by atoms with Crippen molar-refractivity contribution in [1.82, 2.24) is 9.13 Å². The van der Waals surface area contributed by atoms with Gasteiger partial charge in [-0.05, 0) is 59.4 Å². The summed E-state index contributed by atoms with van der Waals surface area (Å²) in [7, 11) is 0. The third kappa shape index (κ3) is 5.57. The second kappa shape index (κ2) is 9.86. The molecule has 0 aliphatic rings. The number of rotatable bonds is 8. The number of halogens is 2. The van der Waals surface area contributed by atoms with Crippen LogP contribution in [0.5, 0.6) is 5.88 Å². The van der Waals surface area contributed by atoms with E-state index in [4.69, 9.17) is 23.2 Å². The molecule has 1 heterocycles. The van der Waals surface area contributed by atoms with Crippen molar-refractivity contribution in [3.8, 4) is 5.88 Å². The van der Waals surface area contributed by atoms with Gasteiger partial charge in [-0.3, -0.25) is 13.9 Å². The summed E-state index contributed by atoms with van der Waals surface area (Å²) in [6, 6.07) is 15.5. The fourth-order valence-corrected chi connectivity index (χ4v) is 3.60. The molecule has 1 aromatic heterocycles. The minimum absolute atomic E-state index is 0.137. The molecule has 0 unspecified atom stereocenters. The number of allylic oxidation sites excluding steroid dienone is 2. The predicted octanol–water partition coefficient (Wildman–Crippen LogP) is 5.23. The summed E-state index contributed by atoms with van der Waals surface area (Å²) in [5.74, 6) is -0.376. The van der Waals surface area contributed by atoms with E-state index in [9.17, 15) is 14.7 Å². The topological polar surface area (TPSA) is 64.2 Å². The molecule has 0 atom stereocenters. The van der Waals surface area contributed by atoms with Gasteiger partial charge in [0, 0.05) is 23.1 Å². The number of aromatic nitrogens is 2. The molecule has 0 spiro atoms. The molecular weight excluding hydrogens is 435 g/mol. The predicted molar refractivity (Wildman–Crippen MR) is 127 cm³/mol. The summed E-state index contributed by atoms with van der Waals surface area (Å²) >= 11 is 12.0. The van der Waals surface area contributed by atoms with Crippen molar-refractivity contribution in [2.75, 3.05) is 0 Å². The quantitative estimate of drug-likeness (QED) is 0.504. The van der Waals surface area contributed by atoms with E-state index in [0.717, 1.165) is 32.9 Å². The van der Waals surface area contributed by atoms with E-state index < -0.39 is 11.2 Å². The van der Waals surface area contributed by atoms with Gasteiger partial charge in [0.05, 0.1) is 6.07 Å². The van der Waals surface area contributed by atoms with Gasteiger partial charge >= 0.3 is 5.69 Å². The van der Waals surface area contributed by atoms with E-state index in [1.165, 1.54) is 4.57 Å². The first kappa shape index (κ1) is 22.7. The molecule has 0 fully saturated rings. The first-order valence-electron chi connectivity index (χ1n) is 9.67. The second-order valence-electron chi connectivity index (χ2n) is 7.15. The van der Waals surface area contributed by atoms with E-state index >= 15 is 0 Å². The Morgan fingerprint density at radius 1 is 0.806 bits per heavy atom. The zero-order chi connectivity index (χ0) is 22.5. The monoisotopic (exact) mass is 456 g/mol. The Morgan fingerprint density at radius 3 is 1.77 bits per heavy atom. The summed E-state index contributed by atoms with van der Waals surface area (Å²) < 4.78 is 2.26. The van der Waals surface area contributed by atoms with E-state index in [1.54, 1.807) is 24.3 Å². The Kier molecular flexibility index (Phi) is 7.21. The van der Waals surface area contributed by atoms with Gasteiger partial charge in [-0.2, -0.15) is 0 Å². The first-order valence-corrected chi connectivity index (χ1v) is 10.4. The maximum absolute atomic E-state index is 12.9. The van der Waals surface area contributed by atoms with Gasteiger partial charge in [-0.1, -0.05) is 60.6 Å². The third-order valence-corrected chi connectivity index (χ3v) is 5.47. The minimum atomic E-state index is -0.581. The molecule has 3 aromatic rings. The average molecular weight is 457 g/mol. The number of aromatic hydroxyl groups is 1. The van der Waals surface area contributed by atoms with E-state index in [1.807, 2.05) is 24.3 Å². The van der Waals surface area contributed by atoms with Gasteiger partial charge in [0.2, 0.25) is 5.88 Å². The van der Waals surface area contributed by atoms with Gasteiger partial charge in [0.25, 0.3) is 5.56 Å². The highest BCUT2D eigenvalue weighted by molar-refractivity contribution is 6.31. The summed E-state index contributed by atoms with van der Waals surface area (Å²) in [5, 5.41) is 11.4. The lowest BCUT2D eigenvalue weighted by Crippen LogP contribution is -2.39. The summed E-state index contributed by atoms with van der Waals surface area (Å²) in [5.41, 5.74) is 2.07. The maximum Gasteiger partial charge on any atom is 0.333 e. The molecule has 1 N–H and O–H groups in total. The molecule has 0 amide bonds. The molecule has 0 radical (unpaired) electrons. The lowest BCUT2D eigenvalue weighted by atomic mass is 10.0. The van der Waals surface area contributed by atoms with Crippen molar-refractivity contribution in [2.45, 2.75) is 25.9 Å². The first-order chi connectivity index (χ1) is 14.8. The van der Waals surface area contributed by atoms with E-state index in [2.05, 4.69) is 13.2 Å². The van der Waals surface area contributed by atoms with E-state index in [0.29, 0.717) is 22.9 Å². The van der Waals surface area contributed by atoms with Crippen LogP contribution in [0.4, 0.5) is 0 Å². The maximum atomic E-state index is 12.9. The molecule has 0 saturated heterocycles. The molecule has 160 valence electrons. The molecular formula is C24H22Cl2N2O3. The van der Waals surface area contributed by atoms with Crippen LogP contribution < -0.4 is 11.2 Å². The Hall–Kier alpha value is -3.02. The van der Waals surface area contributed by atoms with Crippen molar-refractivity contribution in [3.63, 3.8) is 0 Å². The number of nitrogens with zero attached hydrogens (tertiary/aromatic N) is 2. The Balaban J connectivity index is 1.76. The van der Waals surface area contributed by atoms with Crippen LogP contribution in [0.1, 0.15) is 24.0 Å². The average Bonchev–Trinajstić information content (AvgIpc) is 2.73. The third-order valence-electron chi connectivity index (χ3n) is 5.00. The SMILES string of the molecule is C=C(CCn1c(O)cc(=O)n(CCC(=C)c2cccc(Cl)c2)c1=O)c1cccc(Cl)c1. The van der Waals surface area contributed by atoms with Crippen LogP contribution in [0, 0.1) is 0 Å². The van der Waals surface area contributed by atoms with Crippen molar-refractivity contribution in [1.29, 1.82) is 0 Å². The van der Waals surface area contributed by atoms with Crippen LogP contribution in [0.2, 0.25) is 10.0 Å². The van der Waals surface area contributed by atoms with Gasteiger partial charge in [0.1, 0.15) is 0 Å². The Bertz CT molecular complexity index is 1260. The molecule has 3 rings (SSSR count).